The molecule has 1 unspecified atom stereocenters. The van der Waals surface area contributed by atoms with Gasteiger partial charge in [-0.25, -0.2) is 4.31 Å². The minimum absolute atomic E-state index is 0.322. The van der Waals surface area contributed by atoms with Gasteiger partial charge in [0.2, 0.25) is 5.91 Å². The molecule has 1 aliphatic heterocycles. The summed E-state index contributed by atoms with van der Waals surface area (Å²) < 4.78 is -0.788. The lowest BCUT2D eigenvalue weighted by Gasteiger charge is -2.17. The molecule has 0 spiro atoms. The number of carbonyl (C=O) groups excluding carboxylic acids is 2. The monoisotopic (exact) mass is 297 g/mol. The van der Waals surface area contributed by atoms with Crippen LogP contribution in [0, 0.1) is 5.92 Å². The zero-order chi connectivity index (χ0) is 11.9. The predicted molar refractivity (Wildman–Crippen MR) is 65.1 cm³/mol. The number of alkyl halides is 3. The highest BCUT2D eigenvalue weighted by molar-refractivity contribution is 8.03. The highest BCUT2D eigenvalue weighted by atomic mass is 35.6. The number of hydrogen-bond acceptors (Lipinski definition) is 3. The van der Waals surface area contributed by atoms with Gasteiger partial charge in [0.1, 0.15) is 0 Å². The van der Waals surface area contributed by atoms with Crippen molar-refractivity contribution in [3.63, 3.8) is 0 Å². The summed E-state index contributed by atoms with van der Waals surface area (Å²) in [6.45, 7) is 0. The van der Waals surface area contributed by atoms with Gasteiger partial charge >= 0.3 is 0 Å². The van der Waals surface area contributed by atoms with E-state index in [1.54, 1.807) is 12.2 Å². The van der Waals surface area contributed by atoms with Crippen LogP contribution < -0.4 is 0 Å². The maximum Gasteiger partial charge on any atom is 0.267 e. The molecule has 1 fully saturated rings. The molecule has 86 valence electrons. The molecule has 16 heavy (non-hydrogen) atoms. The summed E-state index contributed by atoms with van der Waals surface area (Å²) in [5.41, 5.74) is 0.467. The van der Waals surface area contributed by atoms with E-state index in [2.05, 4.69) is 0 Å². The van der Waals surface area contributed by atoms with E-state index in [9.17, 15) is 9.59 Å². The van der Waals surface area contributed by atoms with Crippen LogP contribution in [-0.2, 0) is 9.59 Å². The third-order valence-corrected chi connectivity index (χ3v) is 3.64. The van der Waals surface area contributed by atoms with Crippen molar-refractivity contribution in [2.75, 3.05) is 0 Å². The van der Waals surface area contributed by atoms with Crippen molar-refractivity contribution in [3.05, 3.63) is 23.8 Å². The van der Waals surface area contributed by atoms with Crippen molar-refractivity contribution in [2.45, 2.75) is 9.55 Å². The van der Waals surface area contributed by atoms with Gasteiger partial charge in [0, 0.05) is 17.5 Å². The Morgan fingerprint density at radius 2 is 2.06 bits per heavy atom. The van der Waals surface area contributed by atoms with Crippen LogP contribution in [0.1, 0.15) is 6.42 Å². The van der Waals surface area contributed by atoms with Crippen LogP contribution in [0.2, 0.25) is 0 Å². The minimum atomic E-state index is -1.72. The van der Waals surface area contributed by atoms with E-state index in [4.69, 9.17) is 34.8 Å². The second-order valence-electron chi connectivity index (χ2n) is 3.31. The molecule has 1 aliphatic carbocycles. The standard InChI is InChI=1S/C9H6Cl3NO2S/c10-9(11,12)16-13-7(14)5-3-1-2-4-6(5)8(13)15/h1-3,6H,4H2. The fourth-order valence-electron chi connectivity index (χ4n) is 1.63. The van der Waals surface area contributed by atoms with Crippen LogP contribution in [0.25, 0.3) is 0 Å². The molecule has 0 aromatic heterocycles. The highest BCUT2D eigenvalue weighted by Gasteiger charge is 2.46. The molecular weight excluding hydrogens is 293 g/mol. The third-order valence-electron chi connectivity index (χ3n) is 2.28. The van der Waals surface area contributed by atoms with Crippen molar-refractivity contribution in [1.29, 1.82) is 0 Å². The molecular formula is C9H6Cl3NO2S. The van der Waals surface area contributed by atoms with Crippen LogP contribution in [-0.4, -0.2) is 19.2 Å². The summed E-state index contributed by atoms with van der Waals surface area (Å²) in [5.74, 6) is -1.13. The van der Waals surface area contributed by atoms with Crippen LogP contribution in [0.3, 0.4) is 0 Å². The number of fused-ring (bicyclic) bond motifs is 1. The summed E-state index contributed by atoms with van der Waals surface area (Å²) >= 11 is 17.3. The van der Waals surface area contributed by atoms with Gasteiger partial charge in [0.25, 0.3) is 9.03 Å². The quantitative estimate of drug-likeness (QED) is 0.424. The fraction of sp³-hybridized carbons (Fsp3) is 0.333. The Labute approximate surface area is 112 Å². The Hall–Kier alpha value is -0.160. The van der Waals surface area contributed by atoms with E-state index < -0.39 is 14.9 Å². The molecule has 2 rings (SSSR count). The Bertz CT molecular complexity index is 413. The smallest absolute Gasteiger partial charge is 0.267 e. The second kappa shape index (κ2) is 4.26. The van der Waals surface area contributed by atoms with E-state index >= 15 is 0 Å². The largest absolute Gasteiger partial charge is 0.273 e. The van der Waals surface area contributed by atoms with E-state index in [-0.39, 0.29) is 5.91 Å². The van der Waals surface area contributed by atoms with Crippen LogP contribution in [0.5, 0.6) is 0 Å². The molecule has 1 atom stereocenters. The SMILES string of the molecule is O=C1C2=CC=CCC2C(=O)N1SC(Cl)(Cl)Cl. The topological polar surface area (TPSA) is 37.4 Å². The Balaban J connectivity index is 2.25. The minimum Gasteiger partial charge on any atom is -0.273 e. The summed E-state index contributed by atoms with van der Waals surface area (Å²) in [5, 5.41) is 0. The lowest BCUT2D eigenvalue weighted by molar-refractivity contribution is -0.132. The number of allylic oxidation sites excluding steroid dienone is 3. The molecule has 0 N–H and O–H groups in total. The van der Waals surface area contributed by atoms with Crippen molar-refractivity contribution < 1.29 is 9.59 Å². The Morgan fingerprint density at radius 3 is 2.62 bits per heavy atom. The predicted octanol–water partition coefficient (Wildman–Crippen LogP) is 2.83. The lowest BCUT2D eigenvalue weighted by atomic mass is 9.94. The first kappa shape index (κ1) is 12.3. The molecule has 0 aromatic rings. The molecule has 7 heteroatoms. The summed E-state index contributed by atoms with van der Waals surface area (Å²) in [4.78, 5) is 23.7. The first-order valence-electron chi connectivity index (χ1n) is 4.41. The molecule has 0 radical (unpaired) electrons. The zero-order valence-corrected chi connectivity index (χ0v) is 10.9. The molecule has 2 aliphatic rings. The maximum absolute atomic E-state index is 11.9. The maximum atomic E-state index is 11.9. The molecule has 1 heterocycles. The van der Waals surface area contributed by atoms with Gasteiger partial charge in [-0.05, 0) is 6.42 Å². The number of halogens is 3. The zero-order valence-electron chi connectivity index (χ0n) is 7.82. The van der Waals surface area contributed by atoms with Gasteiger partial charge in [-0.1, -0.05) is 53.0 Å². The van der Waals surface area contributed by atoms with Crippen LogP contribution in [0.15, 0.2) is 23.8 Å². The van der Waals surface area contributed by atoms with Crippen molar-refractivity contribution in [1.82, 2.24) is 4.31 Å². The molecule has 0 aromatic carbocycles. The first-order chi connectivity index (χ1) is 7.40. The van der Waals surface area contributed by atoms with E-state index in [1.807, 2.05) is 6.08 Å². The number of hydrogen-bond donors (Lipinski definition) is 0. The van der Waals surface area contributed by atoms with Gasteiger partial charge in [-0.15, -0.1) is 0 Å². The van der Waals surface area contributed by atoms with Crippen molar-refractivity contribution in [3.8, 4) is 0 Å². The number of carbonyl (C=O) groups is 2. The Morgan fingerprint density at radius 1 is 1.38 bits per heavy atom. The van der Waals surface area contributed by atoms with Gasteiger partial charge in [-0.3, -0.25) is 9.59 Å². The van der Waals surface area contributed by atoms with Crippen LogP contribution >= 0.6 is 46.8 Å². The molecule has 3 nitrogen and oxygen atoms in total. The van der Waals surface area contributed by atoms with Crippen molar-refractivity contribution >= 4 is 58.6 Å². The highest BCUT2D eigenvalue weighted by Crippen LogP contribution is 2.45. The Kier molecular flexibility index (Phi) is 3.27. The van der Waals surface area contributed by atoms with Gasteiger partial charge in [0.05, 0.1) is 5.92 Å². The van der Waals surface area contributed by atoms with Gasteiger partial charge in [-0.2, -0.15) is 0 Å². The second-order valence-corrected chi connectivity index (χ2v) is 7.43. The first-order valence-corrected chi connectivity index (χ1v) is 6.32. The van der Waals surface area contributed by atoms with E-state index in [1.165, 1.54) is 0 Å². The summed E-state index contributed by atoms with van der Waals surface area (Å²) in [6.07, 6.45) is 5.74. The van der Waals surface area contributed by atoms with Gasteiger partial charge in [0.15, 0.2) is 0 Å². The number of rotatable bonds is 1. The number of amides is 2. The van der Waals surface area contributed by atoms with Crippen molar-refractivity contribution in [2.24, 2.45) is 5.92 Å². The normalized spacial score (nSPS) is 24.8. The van der Waals surface area contributed by atoms with E-state index in [0.29, 0.717) is 23.9 Å². The lowest BCUT2D eigenvalue weighted by Crippen LogP contribution is -2.26. The van der Waals surface area contributed by atoms with E-state index in [0.717, 1.165) is 4.31 Å². The average molecular weight is 299 g/mol. The number of nitrogens with zero attached hydrogens (tertiary/aromatic N) is 1. The molecule has 0 bridgehead atoms. The average Bonchev–Trinajstić information content (AvgIpc) is 2.43. The third kappa shape index (κ3) is 2.25. The fourth-order valence-corrected chi connectivity index (χ4v) is 2.87. The molecule has 0 saturated carbocycles. The summed E-state index contributed by atoms with van der Waals surface area (Å²) in [6, 6.07) is 0. The molecule has 2 amide bonds. The van der Waals surface area contributed by atoms with Gasteiger partial charge < -0.3 is 0 Å². The summed E-state index contributed by atoms with van der Waals surface area (Å²) in [7, 11) is 0. The van der Waals surface area contributed by atoms with Crippen LogP contribution in [0.4, 0.5) is 0 Å². The number of imide groups is 1. The molecule has 1 saturated heterocycles.